The molecule has 2 aromatic carbocycles. The normalized spacial score (nSPS) is 16.5. The van der Waals surface area contributed by atoms with E-state index in [1.165, 1.54) is 12.1 Å². The van der Waals surface area contributed by atoms with Crippen molar-refractivity contribution in [1.29, 1.82) is 0 Å². The van der Waals surface area contributed by atoms with Gasteiger partial charge in [0, 0.05) is 12.0 Å². The van der Waals surface area contributed by atoms with Crippen LogP contribution < -0.4 is 5.32 Å². The minimum Gasteiger partial charge on any atom is -0.388 e. The van der Waals surface area contributed by atoms with Crippen LogP contribution in [0.5, 0.6) is 0 Å². The lowest BCUT2D eigenvalue weighted by Gasteiger charge is -2.23. The summed E-state index contributed by atoms with van der Waals surface area (Å²) in [4.78, 5) is 12.8. The molecule has 0 aliphatic heterocycles. The Morgan fingerprint density at radius 3 is 2.37 bits per heavy atom. The van der Waals surface area contributed by atoms with Crippen molar-refractivity contribution in [2.75, 3.05) is 12.3 Å². The summed E-state index contributed by atoms with van der Waals surface area (Å²) in [5, 5.41) is 13.5. The van der Waals surface area contributed by atoms with Crippen molar-refractivity contribution in [3.63, 3.8) is 0 Å². The lowest BCUT2D eigenvalue weighted by molar-refractivity contribution is 0.0806. The molecule has 5 nitrogen and oxygen atoms in total. The summed E-state index contributed by atoms with van der Waals surface area (Å²) in [6, 6.07) is 15.7. The summed E-state index contributed by atoms with van der Waals surface area (Å²) in [6.07, 6.45) is 1.47. The summed E-state index contributed by atoms with van der Waals surface area (Å²) in [6.45, 7) is 2.10. The minimum absolute atomic E-state index is 0.00789. The first-order valence-electron chi connectivity index (χ1n) is 9.23. The number of rotatable bonds is 8. The monoisotopic (exact) mass is 387 g/mol. The van der Waals surface area contributed by atoms with E-state index in [0.717, 1.165) is 18.4 Å². The van der Waals surface area contributed by atoms with E-state index in [9.17, 15) is 18.3 Å². The standard InChI is InChI=1S/C21H25NO4S/c1-2-14-27(25,26)18-11-7-6-10-17(18)20(24)22-15-21(12-13-21)19(23)16-8-4-3-5-9-16/h3-11,19,23H,2,12-15H2,1H3,(H,22,24). The first kappa shape index (κ1) is 19.6. The highest BCUT2D eigenvalue weighted by atomic mass is 32.2. The van der Waals surface area contributed by atoms with Crippen molar-refractivity contribution in [1.82, 2.24) is 5.32 Å². The molecule has 3 rings (SSSR count). The largest absolute Gasteiger partial charge is 0.388 e. The second-order valence-electron chi connectivity index (χ2n) is 7.17. The van der Waals surface area contributed by atoms with Crippen LogP contribution in [0.25, 0.3) is 0 Å². The molecule has 27 heavy (non-hydrogen) atoms. The van der Waals surface area contributed by atoms with E-state index in [-0.39, 0.29) is 21.6 Å². The van der Waals surface area contributed by atoms with E-state index in [1.54, 1.807) is 19.1 Å². The Hall–Kier alpha value is -2.18. The number of carbonyl (C=O) groups excluding carboxylic acids is 1. The summed E-state index contributed by atoms with van der Waals surface area (Å²) < 4.78 is 24.9. The van der Waals surface area contributed by atoms with Gasteiger partial charge in [0.15, 0.2) is 9.84 Å². The molecule has 1 unspecified atom stereocenters. The predicted molar refractivity (Wildman–Crippen MR) is 104 cm³/mol. The zero-order chi connectivity index (χ0) is 19.5. The summed E-state index contributed by atoms with van der Waals surface area (Å²) in [5.41, 5.74) is 0.611. The number of sulfone groups is 1. The Balaban J connectivity index is 1.74. The molecule has 0 saturated heterocycles. The van der Waals surface area contributed by atoms with E-state index in [0.29, 0.717) is 13.0 Å². The highest BCUT2D eigenvalue weighted by molar-refractivity contribution is 7.91. The molecule has 1 fully saturated rings. The fourth-order valence-corrected chi connectivity index (χ4v) is 4.89. The molecule has 0 bridgehead atoms. The van der Waals surface area contributed by atoms with E-state index in [1.807, 2.05) is 30.3 Å². The first-order valence-corrected chi connectivity index (χ1v) is 10.9. The molecule has 144 valence electrons. The predicted octanol–water partition coefficient (Wildman–Crippen LogP) is 3.11. The molecule has 2 N–H and O–H groups in total. The van der Waals surface area contributed by atoms with Crippen molar-refractivity contribution < 1.29 is 18.3 Å². The molecule has 0 aromatic heterocycles. The molecular formula is C21H25NO4S. The minimum atomic E-state index is -3.49. The Morgan fingerprint density at radius 1 is 1.11 bits per heavy atom. The molecule has 6 heteroatoms. The molecule has 1 amide bonds. The molecule has 0 heterocycles. The fourth-order valence-electron chi connectivity index (χ4n) is 3.35. The number of hydrogen-bond acceptors (Lipinski definition) is 4. The molecule has 2 aromatic rings. The van der Waals surface area contributed by atoms with Crippen LogP contribution in [0.3, 0.4) is 0 Å². The number of aliphatic hydroxyl groups excluding tert-OH is 1. The maximum atomic E-state index is 12.7. The number of nitrogens with one attached hydrogen (secondary N) is 1. The Labute approximate surface area is 160 Å². The second-order valence-corrected chi connectivity index (χ2v) is 9.25. The van der Waals surface area contributed by atoms with Gasteiger partial charge >= 0.3 is 0 Å². The van der Waals surface area contributed by atoms with Gasteiger partial charge in [-0.15, -0.1) is 0 Å². The van der Waals surface area contributed by atoms with Crippen molar-refractivity contribution in [2.24, 2.45) is 5.41 Å². The Kier molecular flexibility index (Phi) is 5.67. The van der Waals surface area contributed by atoms with Gasteiger partial charge in [-0.2, -0.15) is 0 Å². The molecular weight excluding hydrogens is 362 g/mol. The van der Waals surface area contributed by atoms with E-state index < -0.39 is 21.8 Å². The smallest absolute Gasteiger partial charge is 0.252 e. The van der Waals surface area contributed by atoms with Crippen LogP contribution in [0.4, 0.5) is 0 Å². The van der Waals surface area contributed by atoms with Crippen molar-refractivity contribution >= 4 is 15.7 Å². The number of benzene rings is 2. The van der Waals surface area contributed by atoms with Crippen LogP contribution in [0.1, 0.15) is 48.2 Å². The van der Waals surface area contributed by atoms with Crippen LogP contribution in [0.15, 0.2) is 59.5 Å². The second kappa shape index (κ2) is 7.82. The summed E-state index contributed by atoms with van der Waals surface area (Å²) >= 11 is 0. The van der Waals surface area contributed by atoms with Crippen molar-refractivity contribution in [2.45, 2.75) is 37.2 Å². The molecule has 0 spiro atoms. The molecule has 1 aliphatic carbocycles. The number of amides is 1. The summed E-state index contributed by atoms with van der Waals surface area (Å²) in [7, 11) is -3.49. The van der Waals surface area contributed by atoms with Gasteiger partial charge in [0.2, 0.25) is 0 Å². The average molecular weight is 388 g/mol. The van der Waals surface area contributed by atoms with E-state index in [4.69, 9.17) is 0 Å². The number of hydrogen-bond donors (Lipinski definition) is 2. The Bertz CT molecular complexity index is 905. The zero-order valence-electron chi connectivity index (χ0n) is 15.4. The van der Waals surface area contributed by atoms with E-state index >= 15 is 0 Å². The van der Waals surface area contributed by atoms with E-state index in [2.05, 4.69) is 5.32 Å². The maximum Gasteiger partial charge on any atom is 0.252 e. The third-order valence-electron chi connectivity index (χ3n) is 5.13. The van der Waals surface area contributed by atoms with Crippen molar-refractivity contribution in [3.05, 3.63) is 65.7 Å². The van der Waals surface area contributed by atoms with Crippen LogP contribution >= 0.6 is 0 Å². The van der Waals surface area contributed by atoms with Gasteiger partial charge in [-0.3, -0.25) is 4.79 Å². The highest BCUT2D eigenvalue weighted by Gasteiger charge is 2.49. The van der Waals surface area contributed by atoms with Gasteiger partial charge < -0.3 is 10.4 Å². The number of aliphatic hydroxyl groups is 1. The van der Waals surface area contributed by atoms with Gasteiger partial charge in [-0.25, -0.2) is 8.42 Å². The van der Waals surface area contributed by atoms with Gasteiger partial charge in [-0.05, 0) is 37.0 Å². The van der Waals surface area contributed by atoms with Crippen LogP contribution in [0, 0.1) is 5.41 Å². The molecule has 1 aliphatic rings. The molecule has 0 radical (unpaired) electrons. The Morgan fingerprint density at radius 2 is 1.74 bits per heavy atom. The lowest BCUT2D eigenvalue weighted by atomic mass is 9.92. The molecule has 1 atom stereocenters. The maximum absolute atomic E-state index is 12.7. The van der Waals surface area contributed by atoms with Gasteiger partial charge in [0.1, 0.15) is 0 Å². The van der Waals surface area contributed by atoms with Crippen LogP contribution in [-0.4, -0.2) is 31.7 Å². The van der Waals surface area contributed by atoms with Gasteiger partial charge in [-0.1, -0.05) is 49.4 Å². The third-order valence-corrected chi connectivity index (χ3v) is 7.10. The number of carbonyl (C=O) groups is 1. The molecule has 1 saturated carbocycles. The first-order chi connectivity index (χ1) is 12.9. The third kappa shape index (κ3) is 4.22. The van der Waals surface area contributed by atoms with Gasteiger partial charge in [0.25, 0.3) is 5.91 Å². The van der Waals surface area contributed by atoms with Crippen LogP contribution in [-0.2, 0) is 9.84 Å². The average Bonchev–Trinajstić information content (AvgIpc) is 3.47. The highest BCUT2D eigenvalue weighted by Crippen LogP contribution is 2.54. The van der Waals surface area contributed by atoms with Gasteiger partial charge in [0.05, 0.1) is 22.3 Å². The quantitative estimate of drug-likeness (QED) is 0.729. The van der Waals surface area contributed by atoms with Crippen LogP contribution in [0.2, 0.25) is 0 Å². The summed E-state index contributed by atoms with van der Waals surface area (Å²) in [5.74, 6) is -0.412. The fraction of sp³-hybridized carbons (Fsp3) is 0.381. The lowest BCUT2D eigenvalue weighted by Crippen LogP contribution is -2.34. The zero-order valence-corrected chi connectivity index (χ0v) is 16.2. The van der Waals surface area contributed by atoms with Crippen molar-refractivity contribution in [3.8, 4) is 0 Å². The SMILES string of the molecule is CCCS(=O)(=O)c1ccccc1C(=O)NCC1(C(O)c2ccccc2)CC1. The topological polar surface area (TPSA) is 83.5 Å².